The van der Waals surface area contributed by atoms with Crippen molar-refractivity contribution in [2.75, 3.05) is 12.4 Å². The number of methoxy groups -OCH3 is 1. The molecule has 0 atom stereocenters. The zero-order chi connectivity index (χ0) is 13.8. The van der Waals surface area contributed by atoms with Gasteiger partial charge >= 0.3 is 0 Å². The lowest BCUT2D eigenvalue weighted by molar-refractivity contribution is 0.415. The van der Waals surface area contributed by atoms with Gasteiger partial charge in [-0.15, -0.1) is 0 Å². The van der Waals surface area contributed by atoms with Gasteiger partial charge in [0.15, 0.2) is 0 Å². The number of aryl methyl sites for hydroxylation is 3. The first-order valence-electron chi connectivity index (χ1n) is 6.55. The van der Waals surface area contributed by atoms with Crippen LogP contribution >= 0.6 is 0 Å². The van der Waals surface area contributed by atoms with Crippen LogP contribution in [0, 0.1) is 20.8 Å². The van der Waals surface area contributed by atoms with E-state index in [-0.39, 0.29) is 0 Å². The maximum Gasteiger partial charge on any atom is 0.119 e. The molecule has 0 amide bonds. The van der Waals surface area contributed by atoms with E-state index in [4.69, 9.17) is 4.74 Å². The Balaban J connectivity index is 2.07. The highest BCUT2D eigenvalue weighted by atomic mass is 16.5. The summed E-state index contributed by atoms with van der Waals surface area (Å²) in [5, 5.41) is 3.44. The smallest absolute Gasteiger partial charge is 0.119 e. The van der Waals surface area contributed by atoms with Crippen LogP contribution in [0.1, 0.15) is 22.3 Å². The Hall–Kier alpha value is -1.96. The first kappa shape index (κ1) is 13.5. The Kier molecular flexibility index (Phi) is 4.10. The molecule has 100 valence electrons. The zero-order valence-electron chi connectivity index (χ0n) is 12.1. The molecule has 2 heteroatoms. The molecule has 0 fully saturated rings. The van der Waals surface area contributed by atoms with Crippen molar-refractivity contribution >= 4 is 5.69 Å². The van der Waals surface area contributed by atoms with Gasteiger partial charge in [0.1, 0.15) is 5.75 Å². The number of hydrogen-bond donors (Lipinski definition) is 1. The summed E-state index contributed by atoms with van der Waals surface area (Å²) >= 11 is 0. The molecule has 2 rings (SSSR count). The quantitative estimate of drug-likeness (QED) is 0.882. The van der Waals surface area contributed by atoms with Crippen LogP contribution in [-0.4, -0.2) is 7.11 Å². The van der Waals surface area contributed by atoms with Gasteiger partial charge in [-0.3, -0.25) is 0 Å². The molecular weight excluding hydrogens is 234 g/mol. The largest absolute Gasteiger partial charge is 0.497 e. The van der Waals surface area contributed by atoms with Crippen molar-refractivity contribution in [1.82, 2.24) is 0 Å². The van der Waals surface area contributed by atoms with E-state index < -0.39 is 0 Å². The monoisotopic (exact) mass is 255 g/mol. The van der Waals surface area contributed by atoms with Crippen molar-refractivity contribution in [3.05, 3.63) is 58.7 Å². The molecule has 0 heterocycles. The molecule has 0 unspecified atom stereocenters. The van der Waals surface area contributed by atoms with Crippen LogP contribution in [0.2, 0.25) is 0 Å². The first-order valence-corrected chi connectivity index (χ1v) is 6.55. The van der Waals surface area contributed by atoms with Crippen molar-refractivity contribution < 1.29 is 4.74 Å². The molecule has 2 aromatic carbocycles. The highest BCUT2D eigenvalue weighted by Gasteiger charge is 2.02. The maximum atomic E-state index is 5.15. The highest BCUT2D eigenvalue weighted by molar-refractivity contribution is 5.47. The highest BCUT2D eigenvalue weighted by Crippen LogP contribution is 2.19. The van der Waals surface area contributed by atoms with E-state index in [0.29, 0.717) is 0 Å². The van der Waals surface area contributed by atoms with Gasteiger partial charge in [0, 0.05) is 12.2 Å². The molecule has 0 saturated heterocycles. The van der Waals surface area contributed by atoms with Crippen LogP contribution in [0.25, 0.3) is 0 Å². The summed E-state index contributed by atoms with van der Waals surface area (Å²) in [5.41, 5.74) is 6.49. The average molecular weight is 255 g/mol. The Bertz CT molecular complexity index is 558. The maximum absolute atomic E-state index is 5.15. The summed E-state index contributed by atoms with van der Waals surface area (Å²) in [4.78, 5) is 0. The summed E-state index contributed by atoms with van der Waals surface area (Å²) in [5.74, 6) is 0.882. The van der Waals surface area contributed by atoms with Crippen LogP contribution in [-0.2, 0) is 6.54 Å². The van der Waals surface area contributed by atoms with Crippen LogP contribution in [0.4, 0.5) is 5.69 Å². The van der Waals surface area contributed by atoms with Gasteiger partial charge in [0.25, 0.3) is 0 Å². The predicted molar refractivity (Wildman–Crippen MR) is 81.0 cm³/mol. The second-order valence-corrected chi connectivity index (χ2v) is 4.95. The molecular formula is C17H21NO. The minimum atomic E-state index is 0.847. The van der Waals surface area contributed by atoms with E-state index in [1.54, 1.807) is 7.11 Å². The Morgan fingerprint density at radius 1 is 0.895 bits per heavy atom. The van der Waals surface area contributed by atoms with Crippen molar-refractivity contribution in [2.24, 2.45) is 0 Å². The number of benzene rings is 2. The molecule has 0 aromatic heterocycles. The van der Waals surface area contributed by atoms with Crippen LogP contribution in [0.3, 0.4) is 0 Å². The Labute approximate surface area is 115 Å². The van der Waals surface area contributed by atoms with Gasteiger partial charge in [-0.2, -0.15) is 0 Å². The molecule has 19 heavy (non-hydrogen) atoms. The van der Waals surface area contributed by atoms with Crippen molar-refractivity contribution in [3.63, 3.8) is 0 Å². The van der Waals surface area contributed by atoms with Crippen molar-refractivity contribution in [3.8, 4) is 5.75 Å². The third-order valence-electron chi connectivity index (χ3n) is 3.53. The molecule has 0 bridgehead atoms. The fourth-order valence-corrected chi connectivity index (χ4v) is 2.12. The van der Waals surface area contributed by atoms with Crippen LogP contribution < -0.4 is 10.1 Å². The van der Waals surface area contributed by atoms with E-state index in [1.807, 2.05) is 24.3 Å². The third-order valence-corrected chi connectivity index (χ3v) is 3.53. The normalized spacial score (nSPS) is 10.3. The fourth-order valence-electron chi connectivity index (χ4n) is 2.12. The van der Waals surface area contributed by atoms with Crippen molar-refractivity contribution in [1.29, 1.82) is 0 Å². The Morgan fingerprint density at radius 3 is 2.16 bits per heavy atom. The molecule has 0 aliphatic carbocycles. The molecule has 0 spiro atoms. The minimum absolute atomic E-state index is 0.847. The number of rotatable bonds is 4. The predicted octanol–water partition coefficient (Wildman–Crippen LogP) is 4.23. The van der Waals surface area contributed by atoms with E-state index in [1.165, 1.54) is 22.3 Å². The number of anilines is 1. The van der Waals surface area contributed by atoms with Gasteiger partial charge in [-0.25, -0.2) is 0 Å². The second-order valence-electron chi connectivity index (χ2n) is 4.95. The van der Waals surface area contributed by atoms with Gasteiger partial charge in [-0.05, 0) is 67.3 Å². The van der Waals surface area contributed by atoms with Gasteiger partial charge in [0.2, 0.25) is 0 Å². The van der Waals surface area contributed by atoms with E-state index in [2.05, 4.69) is 38.2 Å². The molecule has 2 nitrogen and oxygen atoms in total. The standard InChI is InChI=1S/C17H21NO/c1-12-9-14(3)15(10-13(12)2)11-18-16-5-7-17(19-4)8-6-16/h5-10,18H,11H2,1-4H3. The first-order chi connectivity index (χ1) is 9.10. The van der Waals surface area contributed by atoms with Gasteiger partial charge in [-0.1, -0.05) is 12.1 Å². The third kappa shape index (κ3) is 3.28. The number of ether oxygens (including phenoxy) is 1. The van der Waals surface area contributed by atoms with E-state index >= 15 is 0 Å². The second kappa shape index (κ2) is 5.79. The SMILES string of the molecule is COc1ccc(NCc2cc(C)c(C)cc2C)cc1. The molecule has 0 aliphatic heterocycles. The van der Waals surface area contributed by atoms with Crippen molar-refractivity contribution in [2.45, 2.75) is 27.3 Å². The summed E-state index contributed by atoms with van der Waals surface area (Å²) in [7, 11) is 1.68. The summed E-state index contributed by atoms with van der Waals surface area (Å²) in [6.07, 6.45) is 0. The molecule has 0 aliphatic rings. The summed E-state index contributed by atoms with van der Waals surface area (Å²) < 4.78 is 5.15. The lowest BCUT2D eigenvalue weighted by Gasteiger charge is -2.12. The zero-order valence-corrected chi connectivity index (χ0v) is 12.1. The lowest BCUT2D eigenvalue weighted by atomic mass is 10.0. The fraction of sp³-hybridized carbons (Fsp3) is 0.294. The van der Waals surface area contributed by atoms with Crippen LogP contribution in [0.15, 0.2) is 36.4 Å². The molecule has 0 saturated carbocycles. The minimum Gasteiger partial charge on any atom is -0.497 e. The molecule has 0 radical (unpaired) electrons. The van der Waals surface area contributed by atoms with Gasteiger partial charge < -0.3 is 10.1 Å². The summed E-state index contributed by atoms with van der Waals surface area (Å²) in [6.45, 7) is 7.32. The average Bonchev–Trinajstić information content (AvgIpc) is 2.42. The van der Waals surface area contributed by atoms with Crippen LogP contribution in [0.5, 0.6) is 5.75 Å². The number of hydrogen-bond acceptors (Lipinski definition) is 2. The topological polar surface area (TPSA) is 21.3 Å². The summed E-state index contributed by atoms with van der Waals surface area (Å²) in [6, 6.07) is 12.5. The van der Waals surface area contributed by atoms with E-state index in [9.17, 15) is 0 Å². The number of nitrogens with one attached hydrogen (secondary N) is 1. The van der Waals surface area contributed by atoms with Gasteiger partial charge in [0.05, 0.1) is 7.11 Å². The van der Waals surface area contributed by atoms with E-state index in [0.717, 1.165) is 18.0 Å². The Morgan fingerprint density at radius 2 is 1.53 bits per heavy atom. The lowest BCUT2D eigenvalue weighted by Crippen LogP contribution is -2.02. The molecule has 2 aromatic rings. The molecule has 1 N–H and O–H groups in total.